The van der Waals surface area contributed by atoms with Gasteiger partial charge >= 0.3 is 0 Å². The molecule has 5 nitrogen and oxygen atoms in total. The molecule has 2 unspecified atom stereocenters. The van der Waals surface area contributed by atoms with Crippen molar-refractivity contribution in [3.8, 4) is 0 Å². The van der Waals surface area contributed by atoms with E-state index in [-0.39, 0.29) is 0 Å². The van der Waals surface area contributed by atoms with Crippen molar-refractivity contribution in [1.82, 2.24) is 9.97 Å². The smallest absolute Gasteiger partial charge is 0.148 e. The van der Waals surface area contributed by atoms with Gasteiger partial charge in [-0.15, -0.1) is 0 Å². The molecule has 5 heteroatoms. The summed E-state index contributed by atoms with van der Waals surface area (Å²) in [6, 6.07) is 0. The highest BCUT2D eigenvalue weighted by Crippen LogP contribution is 2.31. The minimum absolute atomic E-state index is 0.327. The Balaban J connectivity index is 2.08. The van der Waals surface area contributed by atoms with Gasteiger partial charge in [-0.05, 0) is 24.2 Å². The Morgan fingerprint density at radius 1 is 1.25 bits per heavy atom. The van der Waals surface area contributed by atoms with Crippen LogP contribution in [0.5, 0.6) is 0 Å². The van der Waals surface area contributed by atoms with E-state index in [4.69, 9.17) is 5.84 Å². The molecule has 0 bridgehead atoms. The Labute approximate surface area is 121 Å². The van der Waals surface area contributed by atoms with Crippen molar-refractivity contribution in [2.75, 3.05) is 17.3 Å². The lowest BCUT2D eigenvalue weighted by Gasteiger charge is -2.29. The van der Waals surface area contributed by atoms with Crippen molar-refractivity contribution in [3.05, 3.63) is 11.9 Å². The summed E-state index contributed by atoms with van der Waals surface area (Å²) < 4.78 is 0. The maximum Gasteiger partial charge on any atom is 0.148 e. The highest BCUT2D eigenvalue weighted by atomic mass is 15.3. The normalized spacial score (nSPS) is 22.9. The molecule has 0 aliphatic heterocycles. The van der Waals surface area contributed by atoms with Crippen molar-refractivity contribution in [1.29, 1.82) is 0 Å². The predicted octanol–water partition coefficient (Wildman–Crippen LogP) is 3.12. The molecule has 1 heterocycles. The van der Waals surface area contributed by atoms with Crippen LogP contribution in [0.1, 0.15) is 57.9 Å². The van der Waals surface area contributed by atoms with Crippen molar-refractivity contribution in [3.63, 3.8) is 0 Å². The second-order valence-electron chi connectivity index (χ2n) is 6.19. The van der Waals surface area contributed by atoms with Gasteiger partial charge in [0.15, 0.2) is 0 Å². The topological polar surface area (TPSA) is 75.9 Å². The minimum atomic E-state index is 0.327. The lowest BCUT2D eigenvalue weighted by Crippen LogP contribution is -2.25. The van der Waals surface area contributed by atoms with Crippen LogP contribution < -0.4 is 16.6 Å². The summed E-state index contributed by atoms with van der Waals surface area (Å²) in [7, 11) is 0. The molecule has 4 N–H and O–H groups in total. The fourth-order valence-electron chi connectivity index (χ4n) is 3.12. The molecule has 1 aliphatic carbocycles. The van der Waals surface area contributed by atoms with E-state index in [1.54, 1.807) is 6.33 Å². The maximum atomic E-state index is 5.55. The van der Waals surface area contributed by atoms with Crippen LogP contribution in [0.2, 0.25) is 0 Å². The highest BCUT2D eigenvalue weighted by molar-refractivity contribution is 5.58. The van der Waals surface area contributed by atoms with Crippen LogP contribution in [0.4, 0.5) is 11.6 Å². The molecule has 2 atom stereocenters. The summed E-state index contributed by atoms with van der Waals surface area (Å²) in [5.74, 6) is 9.05. The molecule has 1 aromatic heterocycles. The van der Waals surface area contributed by atoms with E-state index in [0.29, 0.717) is 11.7 Å². The highest BCUT2D eigenvalue weighted by Gasteiger charge is 2.22. The van der Waals surface area contributed by atoms with Crippen LogP contribution in [0, 0.1) is 11.8 Å². The summed E-state index contributed by atoms with van der Waals surface area (Å²) in [6.07, 6.45) is 6.96. The van der Waals surface area contributed by atoms with Crippen LogP contribution in [0.25, 0.3) is 0 Å². The summed E-state index contributed by atoms with van der Waals surface area (Å²) in [5.41, 5.74) is 3.74. The molecule has 1 fully saturated rings. The number of hydrogen-bond donors (Lipinski definition) is 3. The summed E-state index contributed by atoms with van der Waals surface area (Å²) >= 11 is 0. The number of hydrogen-bond acceptors (Lipinski definition) is 5. The molecule has 0 aromatic carbocycles. The molecule has 1 aliphatic rings. The molecule has 20 heavy (non-hydrogen) atoms. The Morgan fingerprint density at radius 2 is 1.95 bits per heavy atom. The average Bonchev–Trinajstić information content (AvgIpc) is 2.45. The predicted molar refractivity (Wildman–Crippen MR) is 83.5 cm³/mol. The van der Waals surface area contributed by atoms with Crippen molar-refractivity contribution in [2.24, 2.45) is 17.7 Å². The van der Waals surface area contributed by atoms with E-state index < -0.39 is 0 Å². The van der Waals surface area contributed by atoms with Crippen molar-refractivity contribution >= 4 is 11.6 Å². The molecule has 0 amide bonds. The van der Waals surface area contributed by atoms with Gasteiger partial charge in [-0.2, -0.15) is 0 Å². The molecule has 1 saturated carbocycles. The molecule has 1 aromatic rings. The molecule has 0 spiro atoms. The van der Waals surface area contributed by atoms with Crippen molar-refractivity contribution in [2.45, 2.75) is 52.4 Å². The molecular weight excluding hydrogens is 250 g/mol. The molecule has 0 saturated heterocycles. The number of hydrazine groups is 1. The van der Waals surface area contributed by atoms with E-state index in [2.05, 4.69) is 41.5 Å². The Morgan fingerprint density at radius 3 is 2.60 bits per heavy atom. The zero-order valence-corrected chi connectivity index (χ0v) is 12.8. The minimum Gasteiger partial charge on any atom is -0.369 e. The molecule has 2 rings (SSSR count). The second kappa shape index (κ2) is 6.88. The third-order valence-corrected chi connectivity index (χ3v) is 4.42. The van der Waals surface area contributed by atoms with Gasteiger partial charge in [-0.3, -0.25) is 0 Å². The Bertz CT molecular complexity index is 432. The number of nitrogens with one attached hydrogen (secondary N) is 2. The number of nitrogens with zero attached hydrogens (tertiary/aromatic N) is 2. The zero-order valence-electron chi connectivity index (χ0n) is 12.8. The quantitative estimate of drug-likeness (QED) is 0.569. The standard InChI is InChI=1S/C15H27N5/c1-10(2)13-14(18-9-19-15(13)20-16)17-8-12-7-5-4-6-11(12)3/h9-12H,4-8,16H2,1-3H3,(H2,17,18,19,20). The van der Waals surface area contributed by atoms with E-state index in [0.717, 1.165) is 29.8 Å². The number of anilines is 2. The van der Waals surface area contributed by atoms with Crippen LogP contribution in [-0.4, -0.2) is 16.5 Å². The average molecular weight is 277 g/mol. The van der Waals surface area contributed by atoms with Crippen LogP contribution >= 0.6 is 0 Å². The fourth-order valence-corrected chi connectivity index (χ4v) is 3.12. The van der Waals surface area contributed by atoms with Gasteiger partial charge in [-0.25, -0.2) is 15.8 Å². The fraction of sp³-hybridized carbons (Fsp3) is 0.733. The van der Waals surface area contributed by atoms with Gasteiger partial charge in [0.2, 0.25) is 0 Å². The SMILES string of the molecule is CC(C)c1c(NN)ncnc1NCC1CCCCC1C. The van der Waals surface area contributed by atoms with Crippen LogP contribution in [0.15, 0.2) is 6.33 Å². The number of nitrogen functional groups attached to an aromatic ring is 1. The lowest BCUT2D eigenvalue weighted by atomic mass is 9.80. The number of aromatic nitrogens is 2. The van der Waals surface area contributed by atoms with Gasteiger partial charge in [0.05, 0.1) is 0 Å². The Hall–Kier alpha value is -1.36. The number of nitrogens with two attached hydrogens (primary N) is 1. The first-order chi connectivity index (χ1) is 9.63. The molecule has 112 valence electrons. The van der Waals surface area contributed by atoms with Gasteiger partial charge < -0.3 is 10.7 Å². The third kappa shape index (κ3) is 3.39. The van der Waals surface area contributed by atoms with Crippen molar-refractivity contribution < 1.29 is 0 Å². The monoisotopic (exact) mass is 277 g/mol. The third-order valence-electron chi connectivity index (χ3n) is 4.42. The summed E-state index contributed by atoms with van der Waals surface area (Å²) in [6.45, 7) is 7.62. The van der Waals surface area contributed by atoms with Crippen LogP contribution in [-0.2, 0) is 0 Å². The first-order valence-corrected chi connectivity index (χ1v) is 7.68. The van der Waals surface area contributed by atoms with E-state index in [1.807, 2.05) is 0 Å². The molecule has 0 radical (unpaired) electrons. The van der Waals surface area contributed by atoms with Gasteiger partial charge in [0.1, 0.15) is 18.0 Å². The lowest BCUT2D eigenvalue weighted by molar-refractivity contribution is 0.268. The summed E-state index contributed by atoms with van der Waals surface area (Å²) in [5, 5.41) is 3.52. The maximum absolute atomic E-state index is 5.55. The molecular formula is C15H27N5. The largest absolute Gasteiger partial charge is 0.369 e. The first kappa shape index (κ1) is 15.0. The summed E-state index contributed by atoms with van der Waals surface area (Å²) in [4.78, 5) is 8.60. The zero-order chi connectivity index (χ0) is 14.5. The number of rotatable bonds is 5. The van der Waals surface area contributed by atoms with E-state index in [1.165, 1.54) is 25.7 Å². The first-order valence-electron chi connectivity index (χ1n) is 7.68. The van der Waals surface area contributed by atoms with Crippen LogP contribution in [0.3, 0.4) is 0 Å². The van der Waals surface area contributed by atoms with Gasteiger partial charge in [0.25, 0.3) is 0 Å². The van der Waals surface area contributed by atoms with Gasteiger partial charge in [0, 0.05) is 12.1 Å². The van der Waals surface area contributed by atoms with E-state index >= 15 is 0 Å². The Kier molecular flexibility index (Phi) is 5.17. The van der Waals surface area contributed by atoms with Gasteiger partial charge in [-0.1, -0.05) is 40.0 Å². The second-order valence-corrected chi connectivity index (χ2v) is 6.19. The van der Waals surface area contributed by atoms with E-state index in [9.17, 15) is 0 Å².